The molecule has 0 saturated heterocycles. The van der Waals surface area contributed by atoms with Gasteiger partial charge >= 0.3 is 17.9 Å². The van der Waals surface area contributed by atoms with Crippen LogP contribution in [0.25, 0.3) is 6.08 Å². The molecule has 0 fully saturated rings. The summed E-state index contributed by atoms with van der Waals surface area (Å²) in [5.41, 5.74) is 0.749. The molecule has 8 heteroatoms. The van der Waals surface area contributed by atoms with Crippen LogP contribution >= 0.6 is 0 Å². The third-order valence-corrected chi connectivity index (χ3v) is 3.47. The van der Waals surface area contributed by atoms with Crippen molar-refractivity contribution < 1.29 is 33.0 Å². The molecule has 0 N–H and O–H groups in total. The van der Waals surface area contributed by atoms with Gasteiger partial charge < -0.3 is 14.2 Å². The van der Waals surface area contributed by atoms with Crippen LogP contribution in [0.3, 0.4) is 0 Å². The molecule has 1 aliphatic rings. The number of ether oxygens (including phenoxy) is 3. The fraction of sp³-hybridized carbons (Fsp3) is 0.100. The lowest BCUT2D eigenvalue weighted by Gasteiger charge is -2.09. The van der Waals surface area contributed by atoms with Gasteiger partial charge in [-0.3, -0.25) is 9.59 Å². The highest BCUT2D eigenvalue weighted by Crippen LogP contribution is 2.30. The lowest BCUT2D eigenvalue weighted by molar-refractivity contribution is -0.134. The number of halogens is 1. The zero-order valence-corrected chi connectivity index (χ0v) is 14.9. The second kappa shape index (κ2) is 7.83. The number of benzene rings is 2. The third-order valence-electron chi connectivity index (χ3n) is 3.47. The highest BCUT2D eigenvalue weighted by atomic mass is 19.1. The molecule has 0 spiro atoms. The number of carbonyl (C=O) groups excluding carboxylic acids is 3. The molecule has 0 aromatic heterocycles. The predicted octanol–water partition coefficient (Wildman–Crippen LogP) is 3.02. The molecule has 0 saturated carbocycles. The van der Waals surface area contributed by atoms with Crippen molar-refractivity contribution in [1.82, 2.24) is 0 Å². The van der Waals surface area contributed by atoms with E-state index in [9.17, 15) is 18.8 Å². The minimum absolute atomic E-state index is 0.0118. The monoisotopic (exact) mass is 383 g/mol. The van der Waals surface area contributed by atoms with Gasteiger partial charge in [0.05, 0.1) is 0 Å². The fourth-order valence-electron chi connectivity index (χ4n) is 2.40. The van der Waals surface area contributed by atoms with Crippen LogP contribution in [0.4, 0.5) is 4.39 Å². The normalized spacial score (nSPS) is 14.5. The van der Waals surface area contributed by atoms with Gasteiger partial charge in [-0.25, -0.2) is 14.2 Å². The maximum atomic E-state index is 13.4. The summed E-state index contributed by atoms with van der Waals surface area (Å²) >= 11 is 0. The van der Waals surface area contributed by atoms with Crippen molar-refractivity contribution in [2.24, 2.45) is 4.99 Å². The summed E-state index contributed by atoms with van der Waals surface area (Å²) in [4.78, 5) is 38.6. The first-order chi connectivity index (χ1) is 13.3. The average Bonchev–Trinajstić information content (AvgIpc) is 2.97. The molecule has 2 aromatic rings. The number of hydrogen-bond donors (Lipinski definition) is 0. The van der Waals surface area contributed by atoms with E-state index in [-0.39, 0.29) is 23.1 Å². The first-order valence-corrected chi connectivity index (χ1v) is 8.11. The molecule has 0 amide bonds. The van der Waals surface area contributed by atoms with Crippen LogP contribution in [0, 0.1) is 5.82 Å². The maximum Gasteiger partial charge on any atom is 0.363 e. The first kappa shape index (κ1) is 19.0. The lowest BCUT2D eigenvalue weighted by atomic mass is 10.1. The van der Waals surface area contributed by atoms with E-state index < -0.39 is 23.7 Å². The molecular formula is C20H14FNO6. The van der Waals surface area contributed by atoms with Crippen LogP contribution in [-0.4, -0.2) is 23.8 Å². The zero-order chi connectivity index (χ0) is 20.3. The number of esters is 3. The van der Waals surface area contributed by atoms with Crippen molar-refractivity contribution in [2.45, 2.75) is 13.8 Å². The summed E-state index contributed by atoms with van der Waals surface area (Å²) in [6.07, 6.45) is 1.40. The Labute approximate surface area is 159 Å². The number of nitrogens with zero attached hydrogens (tertiary/aromatic N) is 1. The van der Waals surface area contributed by atoms with Crippen molar-refractivity contribution in [2.75, 3.05) is 0 Å². The van der Waals surface area contributed by atoms with E-state index in [1.54, 1.807) is 12.1 Å². The second-order valence-corrected chi connectivity index (χ2v) is 5.74. The van der Waals surface area contributed by atoms with E-state index in [0.717, 1.165) is 0 Å². The molecule has 0 bridgehead atoms. The van der Waals surface area contributed by atoms with E-state index in [2.05, 4.69) is 4.99 Å². The lowest BCUT2D eigenvalue weighted by Crippen LogP contribution is -2.07. The second-order valence-electron chi connectivity index (χ2n) is 5.74. The minimum Gasteiger partial charge on any atom is -0.423 e. The summed E-state index contributed by atoms with van der Waals surface area (Å²) in [6.45, 7) is 2.41. The molecule has 1 heterocycles. The smallest absolute Gasteiger partial charge is 0.363 e. The Morgan fingerprint density at radius 3 is 2.43 bits per heavy atom. The maximum absolute atomic E-state index is 13.4. The summed E-state index contributed by atoms with van der Waals surface area (Å²) in [5.74, 6) is -2.33. The van der Waals surface area contributed by atoms with Gasteiger partial charge in [0, 0.05) is 19.4 Å². The first-order valence-electron chi connectivity index (χ1n) is 8.11. The molecule has 2 aromatic carbocycles. The number of rotatable bonds is 4. The van der Waals surface area contributed by atoms with Gasteiger partial charge in [0.25, 0.3) is 0 Å². The molecule has 0 radical (unpaired) electrons. The van der Waals surface area contributed by atoms with E-state index in [4.69, 9.17) is 14.2 Å². The van der Waals surface area contributed by atoms with Gasteiger partial charge in [0.2, 0.25) is 5.90 Å². The number of cyclic esters (lactones) is 1. The predicted molar refractivity (Wildman–Crippen MR) is 96.1 cm³/mol. The van der Waals surface area contributed by atoms with Gasteiger partial charge in [-0.05, 0) is 42.0 Å². The molecule has 1 aliphatic heterocycles. The summed E-state index contributed by atoms with van der Waals surface area (Å²) < 4.78 is 28.5. The van der Waals surface area contributed by atoms with Crippen molar-refractivity contribution in [3.63, 3.8) is 0 Å². The van der Waals surface area contributed by atoms with E-state index in [1.165, 1.54) is 50.3 Å². The number of carbonyl (C=O) groups is 3. The Kier molecular flexibility index (Phi) is 5.30. The largest absolute Gasteiger partial charge is 0.423 e. The van der Waals surface area contributed by atoms with Crippen LogP contribution in [-0.2, 0) is 19.1 Å². The van der Waals surface area contributed by atoms with Crippen LogP contribution in [0.5, 0.6) is 11.5 Å². The molecule has 0 atom stereocenters. The van der Waals surface area contributed by atoms with Crippen molar-refractivity contribution in [3.05, 3.63) is 65.1 Å². The van der Waals surface area contributed by atoms with Crippen LogP contribution in [0.1, 0.15) is 25.0 Å². The number of hydrogen-bond acceptors (Lipinski definition) is 7. The van der Waals surface area contributed by atoms with Crippen molar-refractivity contribution >= 4 is 29.9 Å². The Morgan fingerprint density at radius 1 is 1.04 bits per heavy atom. The molecule has 28 heavy (non-hydrogen) atoms. The van der Waals surface area contributed by atoms with E-state index in [0.29, 0.717) is 11.1 Å². The molecule has 7 nitrogen and oxygen atoms in total. The van der Waals surface area contributed by atoms with E-state index >= 15 is 0 Å². The Balaban J connectivity index is 1.94. The topological polar surface area (TPSA) is 91.3 Å². The SMILES string of the molecule is CC(=O)Oc1ccc(C=C2N=C(c3cccc(F)c3)OC2=O)cc1OC(C)=O. The van der Waals surface area contributed by atoms with E-state index in [1.807, 2.05) is 0 Å². The molecule has 142 valence electrons. The van der Waals surface area contributed by atoms with Crippen molar-refractivity contribution in [1.29, 1.82) is 0 Å². The third kappa shape index (κ3) is 4.47. The quantitative estimate of drug-likeness (QED) is 0.458. The summed E-state index contributed by atoms with van der Waals surface area (Å²) in [7, 11) is 0. The highest BCUT2D eigenvalue weighted by molar-refractivity contribution is 6.12. The van der Waals surface area contributed by atoms with Gasteiger partial charge in [0.15, 0.2) is 17.2 Å². The minimum atomic E-state index is -0.711. The fourth-order valence-corrected chi connectivity index (χ4v) is 2.40. The van der Waals surface area contributed by atoms with Gasteiger partial charge in [0.1, 0.15) is 5.82 Å². The van der Waals surface area contributed by atoms with Gasteiger partial charge in [-0.1, -0.05) is 12.1 Å². The molecule has 0 unspecified atom stereocenters. The van der Waals surface area contributed by atoms with Crippen LogP contribution < -0.4 is 9.47 Å². The van der Waals surface area contributed by atoms with Crippen molar-refractivity contribution in [3.8, 4) is 11.5 Å². The Bertz CT molecular complexity index is 1040. The molecular weight excluding hydrogens is 369 g/mol. The number of aliphatic imine (C=N–C) groups is 1. The van der Waals surface area contributed by atoms with Gasteiger partial charge in [-0.15, -0.1) is 0 Å². The zero-order valence-electron chi connectivity index (χ0n) is 14.9. The summed E-state index contributed by atoms with van der Waals surface area (Å²) in [5, 5.41) is 0. The Morgan fingerprint density at radius 2 is 1.75 bits per heavy atom. The summed E-state index contributed by atoms with van der Waals surface area (Å²) in [6, 6.07) is 9.87. The van der Waals surface area contributed by atoms with Crippen LogP contribution in [0.15, 0.2) is 53.2 Å². The molecule has 0 aliphatic carbocycles. The molecule has 3 rings (SSSR count). The highest BCUT2D eigenvalue weighted by Gasteiger charge is 2.24. The average molecular weight is 383 g/mol. The van der Waals surface area contributed by atoms with Gasteiger partial charge in [-0.2, -0.15) is 0 Å². The van der Waals surface area contributed by atoms with Crippen LogP contribution in [0.2, 0.25) is 0 Å². The standard InChI is InChI=1S/C20H14FNO6/c1-11(23)26-17-7-6-13(9-18(17)27-12(2)24)8-16-20(25)28-19(22-16)14-4-3-5-15(21)10-14/h3-10H,1-2H3. The Hall–Kier alpha value is -3.81.